The van der Waals surface area contributed by atoms with Crippen LogP contribution in [0.4, 0.5) is 0 Å². The highest BCUT2D eigenvalue weighted by atomic mass is 32.2. The molecule has 7 nitrogen and oxygen atoms in total. The van der Waals surface area contributed by atoms with Gasteiger partial charge in [-0.1, -0.05) is 24.3 Å². The number of nitrogens with zero attached hydrogens (tertiary/aromatic N) is 4. The van der Waals surface area contributed by atoms with Crippen LogP contribution < -0.4 is 5.56 Å². The van der Waals surface area contributed by atoms with E-state index in [4.69, 9.17) is 0 Å². The fourth-order valence-electron chi connectivity index (χ4n) is 5.09. The SMILES string of the molecule is N#Cc1cccc(-c2ccc(=O)n3c2C2CC(CN(S(=O)(=O)c4ccccc4C#N)C2)C3)c1. The van der Waals surface area contributed by atoms with Gasteiger partial charge in [-0.15, -0.1) is 0 Å². The number of piperidine rings is 1. The molecule has 0 saturated carbocycles. The third-order valence-corrected chi connectivity index (χ3v) is 8.37. The summed E-state index contributed by atoms with van der Waals surface area (Å²) in [5.74, 6) is -0.171. The van der Waals surface area contributed by atoms with Crippen LogP contribution in [-0.4, -0.2) is 30.4 Å². The third-order valence-electron chi connectivity index (χ3n) is 6.48. The van der Waals surface area contributed by atoms with E-state index < -0.39 is 10.0 Å². The summed E-state index contributed by atoms with van der Waals surface area (Å²) in [6, 6.07) is 20.9. The summed E-state index contributed by atoms with van der Waals surface area (Å²) in [5, 5.41) is 18.7. The Bertz CT molecular complexity index is 1510. The zero-order valence-corrected chi connectivity index (χ0v) is 18.5. The molecule has 5 rings (SSSR count). The van der Waals surface area contributed by atoms with Crippen molar-refractivity contribution < 1.29 is 8.42 Å². The predicted molar refractivity (Wildman–Crippen MR) is 122 cm³/mol. The third kappa shape index (κ3) is 3.54. The number of rotatable bonds is 3. The van der Waals surface area contributed by atoms with Crippen LogP contribution in [0.2, 0.25) is 0 Å². The molecular formula is C25H20N4O3S. The molecule has 2 unspecified atom stereocenters. The molecule has 0 N–H and O–H groups in total. The summed E-state index contributed by atoms with van der Waals surface area (Å²) in [7, 11) is -3.87. The second-order valence-corrected chi connectivity index (χ2v) is 10.4. The molecule has 3 aromatic rings. The molecule has 2 aliphatic rings. The summed E-state index contributed by atoms with van der Waals surface area (Å²) in [6.07, 6.45) is 0.778. The summed E-state index contributed by atoms with van der Waals surface area (Å²) in [6.45, 7) is 0.966. The van der Waals surface area contributed by atoms with Gasteiger partial charge in [-0.3, -0.25) is 4.79 Å². The van der Waals surface area contributed by atoms with Crippen molar-refractivity contribution in [2.75, 3.05) is 13.1 Å². The molecule has 8 heteroatoms. The average molecular weight is 457 g/mol. The van der Waals surface area contributed by atoms with Crippen molar-refractivity contribution in [3.63, 3.8) is 0 Å². The van der Waals surface area contributed by atoms with Crippen LogP contribution in [0.1, 0.15) is 29.2 Å². The zero-order chi connectivity index (χ0) is 23.2. The molecular weight excluding hydrogens is 436 g/mol. The van der Waals surface area contributed by atoms with Crippen LogP contribution in [0.25, 0.3) is 11.1 Å². The van der Waals surface area contributed by atoms with Gasteiger partial charge in [-0.2, -0.15) is 14.8 Å². The van der Waals surface area contributed by atoms with Crippen molar-refractivity contribution in [2.45, 2.75) is 23.8 Å². The number of benzene rings is 2. The Hall–Kier alpha value is -3.72. The second kappa shape index (κ2) is 8.00. The predicted octanol–water partition coefficient (Wildman–Crippen LogP) is 3.07. The standard InChI is InChI=1S/C25H20N4O3S/c26-12-17-4-3-6-19(10-17)22-8-9-24(30)29-15-18-11-21(25(22)29)16-28(14-18)33(31,32)23-7-2-1-5-20(23)13-27/h1-10,18,21H,11,14-16H2. The molecule has 2 bridgehead atoms. The average Bonchev–Trinajstić information content (AvgIpc) is 2.84. The minimum Gasteiger partial charge on any atom is -0.311 e. The minimum absolute atomic E-state index is 0.00124. The van der Waals surface area contributed by atoms with E-state index in [-0.39, 0.29) is 34.4 Å². The summed E-state index contributed by atoms with van der Waals surface area (Å²) >= 11 is 0. The molecule has 2 aliphatic heterocycles. The van der Waals surface area contributed by atoms with Crippen molar-refractivity contribution in [3.05, 3.63) is 87.8 Å². The van der Waals surface area contributed by atoms with Crippen LogP contribution in [0.15, 0.2) is 70.4 Å². The van der Waals surface area contributed by atoms with Crippen LogP contribution in [0.5, 0.6) is 0 Å². The van der Waals surface area contributed by atoms with Crippen LogP contribution >= 0.6 is 0 Å². The van der Waals surface area contributed by atoms with Gasteiger partial charge in [0.2, 0.25) is 10.0 Å². The number of pyridine rings is 1. The van der Waals surface area contributed by atoms with Crippen LogP contribution in [-0.2, 0) is 16.6 Å². The second-order valence-electron chi connectivity index (χ2n) is 8.50. The number of nitriles is 2. The number of aromatic nitrogens is 1. The van der Waals surface area contributed by atoms with Gasteiger partial charge in [0.25, 0.3) is 5.56 Å². The Kier molecular flexibility index (Phi) is 5.13. The fraction of sp³-hybridized carbons (Fsp3) is 0.240. The van der Waals surface area contributed by atoms with Crippen LogP contribution in [0, 0.1) is 28.6 Å². The van der Waals surface area contributed by atoms with Gasteiger partial charge in [0.15, 0.2) is 0 Å². The number of hydrogen-bond acceptors (Lipinski definition) is 5. The molecule has 0 radical (unpaired) electrons. The van der Waals surface area contributed by atoms with E-state index in [1.807, 2.05) is 12.1 Å². The smallest absolute Gasteiger partial charge is 0.250 e. The topological polar surface area (TPSA) is 107 Å². The van der Waals surface area contributed by atoms with Gasteiger partial charge < -0.3 is 4.57 Å². The van der Waals surface area contributed by atoms with E-state index in [0.29, 0.717) is 18.7 Å². The minimum atomic E-state index is -3.87. The Morgan fingerprint density at radius 3 is 2.52 bits per heavy atom. The first-order chi connectivity index (χ1) is 15.9. The number of sulfonamides is 1. The molecule has 164 valence electrons. The molecule has 0 aliphatic carbocycles. The van der Waals surface area contributed by atoms with Crippen molar-refractivity contribution in [1.29, 1.82) is 10.5 Å². The lowest BCUT2D eigenvalue weighted by atomic mass is 9.81. The van der Waals surface area contributed by atoms with Gasteiger partial charge in [0.05, 0.1) is 22.1 Å². The maximum Gasteiger partial charge on any atom is 0.250 e. The van der Waals surface area contributed by atoms with Gasteiger partial charge >= 0.3 is 0 Å². The van der Waals surface area contributed by atoms with E-state index in [0.717, 1.165) is 23.2 Å². The molecule has 0 amide bonds. The first kappa shape index (κ1) is 21.1. The highest BCUT2D eigenvalue weighted by molar-refractivity contribution is 7.89. The van der Waals surface area contributed by atoms with Gasteiger partial charge in [0.1, 0.15) is 6.07 Å². The largest absolute Gasteiger partial charge is 0.311 e. The van der Waals surface area contributed by atoms with Crippen molar-refractivity contribution in [2.24, 2.45) is 5.92 Å². The maximum absolute atomic E-state index is 13.5. The van der Waals surface area contributed by atoms with Crippen molar-refractivity contribution in [3.8, 4) is 23.3 Å². The molecule has 3 heterocycles. The molecule has 1 aromatic heterocycles. The number of hydrogen-bond donors (Lipinski definition) is 0. The van der Waals surface area contributed by atoms with E-state index in [2.05, 4.69) is 6.07 Å². The highest BCUT2D eigenvalue weighted by Crippen LogP contribution is 2.41. The Balaban J connectivity index is 1.60. The summed E-state index contributed by atoms with van der Waals surface area (Å²) in [5.41, 5.74) is 3.01. The van der Waals surface area contributed by atoms with Crippen molar-refractivity contribution in [1.82, 2.24) is 8.87 Å². The van der Waals surface area contributed by atoms with Gasteiger partial charge in [0, 0.05) is 42.9 Å². The molecule has 2 aromatic carbocycles. The quantitative estimate of drug-likeness (QED) is 0.602. The Labute approximate surface area is 191 Å². The normalized spacial score (nSPS) is 19.8. The number of fused-ring (bicyclic) bond motifs is 4. The van der Waals surface area contributed by atoms with E-state index >= 15 is 0 Å². The maximum atomic E-state index is 13.5. The Morgan fingerprint density at radius 2 is 1.73 bits per heavy atom. The summed E-state index contributed by atoms with van der Waals surface area (Å²) in [4.78, 5) is 12.7. The van der Waals surface area contributed by atoms with Crippen LogP contribution in [0.3, 0.4) is 0 Å². The first-order valence-electron chi connectivity index (χ1n) is 10.7. The van der Waals surface area contributed by atoms with E-state index in [9.17, 15) is 23.7 Å². The molecule has 0 spiro atoms. The van der Waals surface area contributed by atoms with Gasteiger partial charge in [-0.05, 0) is 48.2 Å². The molecule has 1 fully saturated rings. The van der Waals surface area contributed by atoms with E-state index in [1.54, 1.807) is 41.0 Å². The summed E-state index contributed by atoms with van der Waals surface area (Å²) < 4.78 is 30.2. The highest BCUT2D eigenvalue weighted by Gasteiger charge is 2.41. The lowest BCUT2D eigenvalue weighted by Gasteiger charge is -2.43. The Morgan fingerprint density at radius 1 is 0.909 bits per heavy atom. The monoisotopic (exact) mass is 456 g/mol. The van der Waals surface area contributed by atoms with Crippen molar-refractivity contribution >= 4 is 10.0 Å². The first-order valence-corrected chi connectivity index (χ1v) is 12.1. The zero-order valence-electron chi connectivity index (χ0n) is 17.7. The lowest BCUT2D eigenvalue weighted by molar-refractivity contribution is 0.187. The lowest BCUT2D eigenvalue weighted by Crippen LogP contribution is -2.49. The molecule has 2 atom stereocenters. The molecule has 1 saturated heterocycles. The van der Waals surface area contributed by atoms with Gasteiger partial charge in [-0.25, -0.2) is 8.42 Å². The van der Waals surface area contributed by atoms with E-state index in [1.165, 1.54) is 22.5 Å². The molecule has 33 heavy (non-hydrogen) atoms. The fourth-order valence-corrected chi connectivity index (χ4v) is 6.79.